The molecule has 0 aliphatic heterocycles. The highest BCUT2D eigenvalue weighted by Crippen LogP contribution is 2.20. The number of rotatable bonds is 12. The summed E-state index contributed by atoms with van der Waals surface area (Å²) in [7, 11) is 0. The number of nitrogens with one attached hydrogen (secondary N) is 2. The van der Waals surface area contributed by atoms with E-state index in [1.165, 1.54) is 24.3 Å². The highest BCUT2D eigenvalue weighted by Gasteiger charge is 2.22. The summed E-state index contributed by atoms with van der Waals surface area (Å²) in [5, 5.41) is 31.8. The van der Waals surface area contributed by atoms with Crippen molar-refractivity contribution < 1.29 is 29.4 Å². The smallest absolute Gasteiger partial charge is 0.326 e. The molecule has 0 saturated carbocycles. The third-order valence-corrected chi connectivity index (χ3v) is 5.16. The monoisotopic (exact) mass is 496 g/mol. The first-order valence-electron chi connectivity index (χ1n) is 11.7. The Morgan fingerprint density at radius 1 is 0.639 bits per heavy atom. The number of benzene rings is 2. The molecule has 0 aliphatic rings. The molecule has 10 heteroatoms. The van der Waals surface area contributed by atoms with Gasteiger partial charge in [-0.1, -0.05) is 27.7 Å². The molecule has 2 amide bonds. The zero-order chi connectivity index (χ0) is 26.8. The normalized spacial score (nSPS) is 12.9. The first kappa shape index (κ1) is 28.2. The minimum Gasteiger partial charge on any atom is -0.480 e. The number of hydrogen-bond acceptors (Lipinski definition) is 6. The standard InChI is InChI=1S/C26H32N4O6/c1-15(2)13-21(25(33)34)27-23(31)17-5-9-19(10-6-17)29-30-20-11-7-18(8-12-20)24(32)28-22(26(35)36)14-16(3)4/h5-12,15-16,21-22H,13-14H2,1-4H3,(H,27,31)(H,28,32)(H,33,34)(H,35,36)/t21-,22+. The lowest BCUT2D eigenvalue weighted by Crippen LogP contribution is -2.41. The number of carbonyl (C=O) groups excluding carboxylic acids is 2. The van der Waals surface area contributed by atoms with Crippen molar-refractivity contribution >= 4 is 35.1 Å². The lowest BCUT2D eigenvalue weighted by atomic mass is 10.0. The van der Waals surface area contributed by atoms with Crippen LogP contribution in [0.4, 0.5) is 11.4 Å². The molecule has 2 rings (SSSR count). The summed E-state index contributed by atoms with van der Waals surface area (Å²) >= 11 is 0. The SMILES string of the molecule is CC(C)C[C@H](NC(=O)c1ccc(N=Nc2ccc(C(=O)N[C@H](CC(C)C)C(=O)O)cc2)cc1)C(=O)O. The van der Waals surface area contributed by atoms with Crippen LogP contribution in [-0.4, -0.2) is 46.0 Å². The molecule has 0 aliphatic carbocycles. The maximum Gasteiger partial charge on any atom is 0.326 e. The Labute approximate surface area is 209 Å². The van der Waals surface area contributed by atoms with Gasteiger partial charge in [-0.25, -0.2) is 9.59 Å². The van der Waals surface area contributed by atoms with Gasteiger partial charge >= 0.3 is 11.9 Å². The zero-order valence-corrected chi connectivity index (χ0v) is 20.8. The van der Waals surface area contributed by atoms with Crippen LogP contribution in [0.25, 0.3) is 0 Å². The highest BCUT2D eigenvalue weighted by atomic mass is 16.4. The Balaban J connectivity index is 2.00. The topological polar surface area (TPSA) is 158 Å². The van der Waals surface area contributed by atoms with Crippen molar-refractivity contribution in [2.24, 2.45) is 22.1 Å². The van der Waals surface area contributed by atoms with Gasteiger partial charge in [-0.3, -0.25) is 9.59 Å². The van der Waals surface area contributed by atoms with Crippen LogP contribution >= 0.6 is 0 Å². The van der Waals surface area contributed by atoms with Gasteiger partial charge in [0, 0.05) is 11.1 Å². The van der Waals surface area contributed by atoms with Crippen LogP contribution in [0.1, 0.15) is 61.3 Å². The van der Waals surface area contributed by atoms with Crippen molar-refractivity contribution in [1.29, 1.82) is 0 Å². The van der Waals surface area contributed by atoms with Gasteiger partial charge < -0.3 is 20.8 Å². The Kier molecular flexibility index (Phi) is 10.3. The van der Waals surface area contributed by atoms with Crippen LogP contribution in [0.3, 0.4) is 0 Å². The molecule has 36 heavy (non-hydrogen) atoms. The van der Waals surface area contributed by atoms with E-state index in [2.05, 4.69) is 20.9 Å². The van der Waals surface area contributed by atoms with Gasteiger partial charge in [0.1, 0.15) is 12.1 Å². The molecule has 10 nitrogen and oxygen atoms in total. The summed E-state index contributed by atoms with van der Waals surface area (Å²) in [5.74, 6) is -2.90. The number of carboxylic acids is 2. The number of amides is 2. The van der Waals surface area contributed by atoms with Gasteiger partial charge in [0.05, 0.1) is 11.4 Å². The molecule has 192 valence electrons. The molecule has 2 atom stereocenters. The summed E-state index contributed by atoms with van der Waals surface area (Å²) < 4.78 is 0. The van der Waals surface area contributed by atoms with Gasteiger partial charge in [0.25, 0.3) is 11.8 Å². The van der Waals surface area contributed by atoms with Gasteiger partial charge in [0.2, 0.25) is 0 Å². The van der Waals surface area contributed by atoms with E-state index in [1.54, 1.807) is 24.3 Å². The molecule has 0 bridgehead atoms. The Morgan fingerprint density at radius 2 is 0.944 bits per heavy atom. The van der Waals surface area contributed by atoms with Crippen LogP contribution < -0.4 is 10.6 Å². The van der Waals surface area contributed by atoms with Crippen molar-refractivity contribution in [2.45, 2.75) is 52.6 Å². The first-order chi connectivity index (χ1) is 17.0. The second-order valence-corrected chi connectivity index (χ2v) is 9.28. The van der Waals surface area contributed by atoms with E-state index in [0.29, 0.717) is 35.3 Å². The van der Waals surface area contributed by atoms with E-state index >= 15 is 0 Å². The third-order valence-electron chi connectivity index (χ3n) is 5.16. The van der Waals surface area contributed by atoms with Crippen molar-refractivity contribution in [1.82, 2.24) is 10.6 Å². The fourth-order valence-electron chi connectivity index (χ4n) is 3.34. The van der Waals surface area contributed by atoms with Crippen LogP contribution in [0.15, 0.2) is 58.8 Å². The zero-order valence-electron chi connectivity index (χ0n) is 20.8. The van der Waals surface area contributed by atoms with Gasteiger partial charge in [-0.05, 0) is 73.2 Å². The van der Waals surface area contributed by atoms with Gasteiger partial charge in [0.15, 0.2) is 0 Å². The summed E-state index contributed by atoms with van der Waals surface area (Å²) in [6.07, 6.45) is 0.651. The Morgan fingerprint density at radius 3 is 1.19 bits per heavy atom. The van der Waals surface area contributed by atoms with E-state index in [9.17, 15) is 29.4 Å². The molecule has 2 aromatic carbocycles. The molecular formula is C26H32N4O6. The van der Waals surface area contributed by atoms with Gasteiger partial charge in [-0.2, -0.15) is 10.2 Å². The number of hydrogen-bond donors (Lipinski definition) is 4. The largest absolute Gasteiger partial charge is 0.480 e. The molecule has 0 saturated heterocycles. The summed E-state index contributed by atoms with van der Waals surface area (Å²) in [6, 6.07) is 10.5. The maximum absolute atomic E-state index is 12.4. The molecule has 0 radical (unpaired) electrons. The minimum atomic E-state index is -1.08. The van der Waals surface area contributed by atoms with Crippen LogP contribution in [0.2, 0.25) is 0 Å². The molecular weight excluding hydrogens is 464 g/mol. The van der Waals surface area contributed by atoms with E-state index in [-0.39, 0.29) is 11.8 Å². The van der Waals surface area contributed by atoms with E-state index < -0.39 is 35.8 Å². The van der Waals surface area contributed by atoms with Crippen molar-refractivity contribution in [2.75, 3.05) is 0 Å². The van der Waals surface area contributed by atoms with Crippen molar-refractivity contribution in [3.05, 3.63) is 59.7 Å². The van der Waals surface area contributed by atoms with Crippen molar-refractivity contribution in [3.8, 4) is 0 Å². The average molecular weight is 497 g/mol. The van der Waals surface area contributed by atoms with E-state index in [0.717, 1.165) is 0 Å². The molecule has 0 fully saturated rings. The quantitative estimate of drug-likeness (QED) is 0.315. The number of azo groups is 1. The predicted octanol–water partition coefficient (Wildman–Crippen LogP) is 4.56. The van der Waals surface area contributed by atoms with Crippen LogP contribution in [-0.2, 0) is 9.59 Å². The summed E-state index contributed by atoms with van der Waals surface area (Å²) in [6.45, 7) is 7.53. The fraction of sp³-hybridized carbons (Fsp3) is 0.385. The lowest BCUT2D eigenvalue weighted by molar-refractivity contribution is -0.140. The predicted molar refractivity (Wildman–Crippen MR) is 134 cm³/mol. The number of aliphatic carboxylic acids is 2. The average Bonchev–Trinajstić information content (AvgIpc) is 2.81. The number of nitrogens with zero attached hydrogens (tertiary/aromatic N) is 2. The highest BCUT2D eigenvalue weighted by molar-refractivity contribution is 5.97. The molecule has 2 aromatic rings. The molecule has 4 N–H and O–H groups in total. The van der Waals surface area contributed by atoms with Crippen molar-refractivity contribution in [3.63, 3.8) is 0 Å². The second kappa shape index (κ2) is 13.1. The van der Waals surface area contributed by atoms with Crippen LogP contribution in [0.5, 0.6) is 0 Å². The van der Waals surface area contributed by atoms with E-state index in [4.69, 9.17) is 0 Å². The summed E-state index contributed by atoms with van der Waals surface area (Å²) in [5.41, 5.74) is 1.56. The summed E-state index contributed by atoms with van der Waals surface area (Å²) in [4.78, 5) is 47.5. The number of carbonyl (C=O) groups is 4. The Bertz CT molecular complexity index is 1010. The molecule has 0 aromatic heterocycles. The molecule has 0 unspecified atom stereocenters. The molecule has 0 spiro atoms. The minimum absolute atomic E-state index is 0.115. The Hall–Kier alpha value is -4.08. The van der Waals surface area contributed by atoms with Gasteiger partial charge in [-0.15, -0.1) is 0 Å². The van der Waals surface area contributed by atoms with Crippen LogP contribution in [0, 0.1) is 11.8 Å². The maximum atomic E-state index is 12.4. The molecule has 0 heterocycles. The fourth-order valence-corrected chi connectivity index (χ4v) is 3.34. The number of carboxylic acid groups (broad SMARTS) is 2. The second-order valence-electron chi connectivity index (χ2n) is 9.28. The first-order valence-corrected chi connectivity index (χ1v) is 11.7. The third kappa shape index (κ3) is 8.94. The van der Waals surface area contributed by atoms with E-state index in [1.807, 2.05) is 27.7 Å². The lowest BCUT2D eigenvalue weighted by Gasteiger charge is -2.16.